The molecule has 1 heterocycles. The molecule has 42 heavy (non-hydrogen) atoms. The fourth-order valence-electron chi connectivity index (χ4n) is 4.68. The van der Waals surface area contributed by atoms with E-state index in [4.69, 9.17) is 0 Å². The van der Waals surface area contributed by atoms with Gasteiger partial charge in [-0.1, -0.05) is 32.1 Å². The fourth-order valence-corrected chi connectivity index (χ4v) is 6.56. The minimum atomic E-state index is -5.69. The fraction of sp³-hybridized carbons (Fsp3) is 0.692. The highest BCUT2D eigenvalue weighted by Gasteiger charge is 2.56. The van der Waals surface area contributed by atoms with Crippen molar-refractivity contribution in [1.29, 1.82) is 0 Å². The maximum absolute atomic E-state index is 13.2. The molecule has 0 saturated carbocycles. The van der Waals surface area contributed by atoms with E-state index in [0.717, 1.165) is 24.2 Å². The van der Waals surface area contributed by atoms with E-state index in [1.165, 1.54) is 17.0 Å². The number of thiol groups is 1. The highest BCUT2D eigenvalue weighted by Crippen LogP contribution is 2.39. The van der Waals surface area contributed by atoms with Crippen LogP contribution in [0.25, 0.3) is 0 Å². The number of alkyl halides is 5. The Kier molecular flexibility index (Phi) is 12.2. The summed E-state index contributed by atoms with van der Waals surface area (Å²) in [5.41, 5.74) is 0.158. The molecule has 1 fully saturated rings. The van der Waals surface area contributed by atoms with Crippen molar-refractivity contribution >= 4 is 44.0 Å². The number of sulfone groups is 1. The largest absolute Gasteiger partial charge is 0.453 e. The summed E-state index contributed by atoms with van der Waals surface area (Å²) < 4.78 is 110. The van der Waals surface area contributed by atoms with Crippen LogP contribution in [0.1, 0.15) is 77.2 Å². The predicted molar refractivity (Wildman–Crippen MR) is 150 cm³/mol. The molecule has 240 valence electrons. The first-order valence-electron chi connectivity index (χ1n) is 13.6. The van der Waals surface area contributed by atoms with Gasteiger partial charge in [-0.25, -0.2) is 26.5 Å². The second kappa shape index (κ2) is 14.3. The van der Waals surface area contributed by atoms with Crippen LogP contribution in [0.3, 0.4) is 0 Å². The van der Waals surface area contributed by atoms with E-state index in [1.807, 2.05) is 0 Å². The number of carbonyl (C=O) groups is 2. The first kappa shape index (κ1) is 35.7. The van der Waals surface area contributed by atoms with E-state index in [1.54, 1.807) is 26.8 Å². The third-order valence-electron chi connectivity index (χ3n) is 7.20. The van der Waals surface area contributed by atoms with Crippen molar-refractivity contribution in [3.8, 4) is 0 Å². The second-order valence-electron chi connectivity index (χ2n) is 10.9. The lowest BCUT2D eigenvalue weighted by atomic mass is 10.0. The maximum atomic E-state index is 13.2. The molecule has 1 aliphatic rings. The summed E-state index contributed by atoms with van der Waals surface area (Å²) in [6.07, 6.45) is -3.46. The van der Waals surface area contributed by atoms with Crippen molar-refractivity contribution in [1.82, 2.24) is 4.90 Å². The van der Waals surface area contributed by atoms with Gasteiger partial charge in [0.1, 0.15) is 15.4 Å². The second-order valence-corrected chi connectivity index (χ2v) is 14.0. The number of aryl methyl sites for hydroxylation is 1. The predicted octanol–water partition coefficient (Wildman–Crippen LogP) is 5.60. The van der Waals surface area contributed by atoms with Crippen LogP contribution in [-0.2, 0) is 25.5 Å². The molecule has 0 radical (unpaired) electrons. The summed E-state index contributed by atoms with van der Waals surface area (Å²) >= 11 is 0. The van der Waals surface area contributed by atoms with Gasteiger partial charge in [-0.05, 0) is 63.8 Å². The number of anilines is 2. The number of benzene rings is 1. The van der Waals surface area contributed by atoms with Gasteiger partial charge >= 0.3 is 18.1 Å². The molecule has 0 spiro atoms. The normalized spacial score (nSPS) is 16.1. The number of rotatable bonds is 17. The molecule has 0 bridgehead atoms. The van der Waals surface area contributed by atoms with Gasteiger partial charge in [0.15, 0.2) is 0 Å². The number of hydrogen-bond acceptors (Lipinski definition) is 6. The minimum absolute atomic E-state index is 0.265. The lowest BCUT2D eigenvalue weighted by Crippen LogP contribution is -2.44. The number of carbonyl (C=O) groups excluding carboxylic acids is 2. The number of unbranched alkanes of at least 4 members (excludes halogenated alkanes) is 6. The summed E-state index contributed by atoms with van der Waals surface area (Å²) in [5, 5.41) is 0. The number of halogens is 5. The third-order valence-corrected chi connectivity index (χ3v) is 9.45. The SMILES string of the molecule is Cc1cc(N2C(=O)N(CCCCCCCCCS(=O)(=O)CCCC(F)(F)C(F)(F)F)C(C)(C)C2=O)ccc1N[SH](=O)=O. The van der Waals surface area contributed by atoms with Gasteiger partial charge in [0.2, 0.25) is 10.9 Å². The maximum Gasteiger partial charge on any atom is 0.453 e. The van der Waals surface area contributed by atoms with Crippen molar-refractivity contribution in [2.45, 2.75) is 96.2 Å². The molecule has 1 aliphatic heterocycles. The van der Waals surface area contributed by atoms with Crippen LogP contribution in [0.5, 0.6) is 0 Å². The van der Waals surface area contributed by atoms with Crippen molar-refractivity contribution in [2.24, 2.45) is 0 Å². The summed E-state index contributed by atoms with van der Waals surface area (Å²) in [5.74, 6) is -6.27. The van der Waals surface area contributed by atoms with Gasteiger partial charge in [0.05, 0.1) is 22.9 Å². The summed E-state index contributed by atoms with van der Waals surface area (Å²) in [7, 11) is -6.57. The standard InChI is InChI=1S/C26H38F5N3O6S2/c1-19-18-20(12-13-21(19)32-41(37)38)34-22(35)24(2,3)33(23(34)36)15-9-7-5-4-6-8-10-16-42(39,40)17-11-14-25(27,28)26(29,30)31/h12-13,18,41H,4-11,14-17H2,1-3H3,(H,32,37,38). The van der Waals surface area contributed by atoms with Crippen LogP contribution in [0.15, 0.2) is 18.2 Å². The Morgan fingerprint density at radius 3 is 1.98 bits per heavy atom. The quantitative estimate of drug-likeness (QED) is 0.0983. The molecular weight excluding hydrogens is 609 g/mol. The summed E-state index contributed by atoms with van der Waals surface area (Å²) in [4.78, 5) is 28.9. The van der Waals surface area contributed by atoms with Gasteiger partial charge < -0.3 is 4.90 Å². The van der Waals surface area contributed by atoms with E-state index in [0.29, 0.717) is 42.7 Å². The molecule has 0 atom stereocenters. The zero-order valence-corrected chi connectivity index (χ0v) is 25.5. The van der Waals surface area contributed by atoms with E-state index in [2.05, 4.69) is 4.72 Å². The Labute approximate surface area is 244 Å². The van der Waals surface area contributed by atoms with Crippen LogP contribution in [-0.4, -0.2) is 69.4 Å². The van der Waals surface area contributed by atoms with E-state index < -0.39 is 68.9 Å². The molecule has 1 N–H and O–H groups in total. The van der Waals surface area contributed by atoms with Crippen LogP contribution in [0, 0.1) is 6.92 Å². The lowest BCUT2D eigenvalue weighted by molar-refractivity contribution is -0.284. The van der Waals surface area contributed by atoms with Crippen molar-refractivity contribution < 1.29 is 48.4 Å². The number of urea groups is 1. The molecule has 0 aromatic heterocycles. The van der Waals surface area contributed by atoms with Gasteiger partial charge in [-0.15, -0.1) is 0 Å². The monoisotopic (exact) mass is 647 g/mol. The van der Waals surface area contributed by atoms with Gasteiger partial charge in [0, 0.05) is 13.0 Å². The Morgan fingerprint density at radius 2 is 1.43 bits per heavy atom. The van der Waals surface area contributed by atoms with Crippen LogP contribution in [0.4, 0.5) is 38.1 Å². The molecule has 9 nitrogen and oxygen atoms in total. The molecular formula is C26H38F5N3O6S2. The molecule has 3 amide bonds. The first-order valence-corrected chi connectivity index (χ1v) is 16.6. The van der Waals surface area contributed by atoms with Gasteiger partial charge in [0.25, 0.3) is 5.91 Å². The van der Waals surface area contributed by atoms with Crippen LogP contribution >= 0.6 is 0 Å². The number of amides is 3. The molecule has 0 aliphatic carbocycles. The summed E-state index contributed by atoms with van der Waals surface area (Å²) in [6, 6.07) is 4.08. The third kappa shape index (κ3) is 9.51. The van der Waals surface area contributed by atoms with Crippen molar-refractivity contribution in [3.05, 3.63) is 23.8 Å². The molecule has 1 aromatic carbocycles. The van der Waals surface area contributed by atoms with Crippen molar-refractivity contribution in [3.63, 3.8) is 0 Å². The Balaban J connectivity index is 1.72. The highest BCUT2D eigenvalue weighted by molar-refractivity contribution is 7.91. The van der Waals surface area contributed by atoms with E-state index in [9.17, 15) is 48.4 Å². The smallest absolute Gasteiger partial charge is 0.310 e. The van der Waals surface area contributed by atoms with E-state index >= 15 is 0 Å². The molecule has 1 saturated heterocycles. The zero-order chi connectivity index (χ0) is 31.9. The van der Waals surface area contributed by atoms with Crippen molar-refractivity contribution in [2.75, 3.05) is 27.7 Å². The molecule has 16 heteroatoms. The summed E-state index contributed by atoms with van der Waals surface area (Å²) in [6.45, 7) is 5.32. The molecule has 0 unspecified atom stereocenters. The molecule has 1 aromatic rings. The lowest BCUT2D eigenvalue weighted by Gasteiger charge is -2.27. The number of hydrogen-bond donors (Lipinski definition) is 2. The van der Waals surface area contributed by atoms with Crippen LogP contribution in [0.2, 0.25) is 0 Å². The van der Waals surface area contributed by atoms with Crippen LogP contribution < -0.4 is 9.62 Å². The molecule has 2 rings (SSSR count). The Bertz CT molecular complexity index is 1290. The highest BCUT2D eigenvalue weighted by atomic mass is 32.2. The minimum Gasteiger partial charge on any atom is -0.310 e. The number of imide groups is 1. The Hall–Kier alpha value is -2.49. The zero-order valence-electron chi connectivity index (χ0n) is 23.8. The Morgan fingerprint density at radius 1 is 0.881 bits per heavy atom. The van der Waals surface area contributed by atoms with E-state index in [-0.39, 0.29) is 12.2 Å². The average molecular weight is 648 g/mol. The number of nitrogens with one attached hydrogen (secondary N) is 1. The van der Waals surface area contributed by atoms with Gasteiger partial charge in [-0.2, -0.15) is 22.0 Å². The van der Waals surface area contributed by atoms with Gasteiger partial charge in [-0.3, -0.25) is 9.52 Å². The first-order chi connectivity index (χ1) is 19.3. The topological polar surface area (TPSA) is 121 Å². The number of nitrogens with zero attached hydrogens (tertiary/aromatic N) is 2. The average Bonchev–Trinajstić information content (AvgIpc) is 3.01.